The van der Waals surface area contributed by atoms with Crippen LogP contribution in [0.15, 0.2) is 0 Å². The lowest BCUT2D eigenvalue weighted by Gasteiger charge is -2.24. The number of carboxylic acids is 1. The van der Waals surface area contributed by atoms with Gasteiger partial charge in [0.1, 0.15) is 18.1 Å². The smallest absolute Gasteiger partial charge is 0.326 e. The average molecular weight is 386 g/mol. The number of carboxylic acid groups (broad SMARTS) is 1. The van der Waals surface area contributed by atoms with E-state index < -0.39 is 35.9 Å². The predicted molar refractivity (Wildman–Crippen MR) is 103 cm³/mol. The zero-order chi connectivity index (χ0) is 21.1. The van der Waals surface area contributed by atoms with E-state index in [0.717, 1.165) is 0 Å². The van der Waals surface area contributed by atoms with Gasteiger partial charge in [0.05, 0.1) is 0 Å². The normalized spacial score (nSPS) is 14.4. The third-order valence-corrected chi connectivity index (χ3v) is 3.91. The number of rotatable bonds is 12. The van der Waals surface area contributed by atoms with Gasteiger partial charge in [-0.15, -0.1) is 0 Å². The molecule has 3 amide bonds. The lowest BCUT2D eigenvalue weighted by Crippen LogP contribution is -2.55. The van der Waals surface area contributed by atoms with Gasteiger partial charge in [0.2, 0.25) is 17.7 Å². The molecule has 0 aromatic carbocycles. The fourth-order valence-corrected chi connectivity index (χ4v) is 2.57. The first-order valence-electron chi connectivity index (χ1n) is 9.60. The fraction of sp³-hybridized carbons (Fsp3) is 0.789. The van der Waals surface area contributed by atoms with Crippen LogP contribution in [0.1, 0.15) is 67.2 Å². The second kappa shape index (κ2) is 12.3. The van der Waals surface area contributed by atoms with Gasteiger partial charge >= 0.3 is 5.97 Å². The van der Waals surface area contributed by atoms with Crippen molar-refractivity contribution in [2.24, 2.45) is 11.8 Å². The SMILES string of the molecule is CCCC(=O)NC(CC(C)C)C(=O)NC(C)C(=O)NC(CC(C)C)C(=O)O. The quantitative estimate of drug-likeness (QED) is 0.405. The predicted octanol–water partition coefficient (Wildman–Crippen LogP) is 1.44. The van der Waals surface area contributed by atoms with E-state index in [1.807, 2.05) is 34.6 Å². The van der Waals surface area contributed by atoms with Crippen LogP contribution in [0.25, 0.3) is 0 Å². The summed E-state index contributed by atoms with van der Waals surface area (Å²) in [5.74, 6) is -2.07. The Bertz CT molecular complexity index is 519. The Balaban J connectivity index is 4.90. The molecule has 0 aromatic heterocycles. The van der Waals surface area contributed by atoms with Crippen LogP contribution in [0.4, 0.5) is 0 Å². The number of hydrogen-bond donors (Lipinski definition) is 4. The van der Waals surface area contributed by atoms with E-state index in [-0.39, 0.29) is 17.7 Å². The molecule has 0 saturated carbocycles. The molecule has 4 N–H and O–H groups in total. The molecule has 8 heteroatoms. The lowest BCUT2D eigenvalue weighted by atomic mass is 10.0. The Hall–Kier alpha value is -2.12. The molecule has 0 saturated heterocycles. The van der Waals surface area contributed by atoms with Gasteiger partial charge in [0.15, 0.2) is 0 Å². The Labute approximate surface area is 161 Å². The number of aliphatic carboxylic acids is 1. The molecule has 3 atom stereocenters. The van der Waals surface area contributed by atoms with E-state index in [1.165, 1.54) is 6.92 Å². The monoisotopic (exact) mass is 385 g/mol. The van der Waals surface area contributed by atoms with Crippen molar-refractivity contribution < 1.29 is 24.3 Å². The molecule has 0 spiro atoms. The summed E-state index contributed by atoms with van der Waals surface area (Å²) in [6.07, 6.45) is 1.74. The summed E-state index contributed by atoms with van der Waals surface area (Å²) in [7, 11) is 0. The highest BCUT2D eigenvalue weighted by Crippen LogP contribution is 2.07. The maximum absolute atomic E-state index is 12.5. The highest BCUT2D eigenvalue weighted by molar-refractivity contribution is 5.93. The van der Waals surface area contributed by atoms with Gasteiger partial charge in [0.25, 0.3) is 0 Å². The van der Waals surface area contributed by atoms with Crippen LogP contribution in [0.3, 0.4) is 0 Å². The zero-order valence-corrected chi connectivity index (χ0v) is 17.3. The van der Waals surface area contributed by atoms with Crippen LogP contribution in [0.2, 0.25) is 0 Å². The lowest BCUT2D eigenvalue weighted by molar-refractivity contribution is -0.142. The van der Waals surface area contributed by atoms with Crippen LogP contribution in [0, 0.1) is 11.8 Å². The number of amides is 3. The van der Waals surface area contributed by atoms with Crippen molar-refractivity contribution in [1.29, 1.82) is 0 Å². The third-order valence-electron chi connectivity index (χ3n) is 3.91. The molecule has 8 nitrogen and oxygen atoms in total. The van der Waals surface area contributed by atoms with Gasteiger partial charge in [-0.05, 0) is 38.0 Å². The highest BCUT2D eigenvalue weighted by atomic mass is 16.4. The first kappa shape index (κ1) is 24.9. The van der Waals surface area contributed by atoms with E-state index >= 15 is 0 Å². The summed E-state index contributed by atoms with van der Waals surface area (Å²) in [4.78, 5) is 47.9. The van der Waals surface area contributed by atoms with Gasteiger partial charge in [-0.1, -0.05) is 34.6 Å². The van der Waals surface area contributed by atoms with Crippen LogP contribution in [-0.4, -0.2) is 46.9 Å². The van der Waals surface area contributed by atoms with Crippen LogP contribution in [0.5, 0.6) is 0 Å². The fourth-order valence-electron chi connectivity index (χ4n) is 2.57. The molecule has 0 aliphatic rings. The van der Waals surface area contributed by atoms with Gasteiger partial charge in [-0.3, -0.25) is 14.4 Å². The second-order valence-electron chi connectivity index (χ2n) is 7.76. The summed E-state index contributed by atoms with van der Waals surface area (Å²) in [5, 5.41) is 16.9. The molecule has 0 aromatic rings. The minimum absolute atomic E-state index is 0.0977. The summed E-state index contributed by atoms with van der Waals surface area (Å²) in [6.45, 7) is 11.0. The molecule has 0 heterocycles. The summed E-state index contributed by atoms with van der Waals surface area (Å²) in [6, 6.07) is -2.65. The van der Waals surface area contributed by atoms with Crippen molar-refractivity contribution in [3.63, 3.8) is 0 Å². The van der Waals surface area contributed by atoms with Crippen LogP contribution in [-0.2, 0) is 19.2 Å². The third kappa shape index (κ3) is 10.6. The average Bonchev–Trinajstić information content (AvgIpc) is 2.52. The highest BCUT2D eigenvalue weighted by Gasteiger charge is 2.27. The van der Waals surface area contributed by atoms with E-state index in [2.05, 4.69) is 16.0 Å². The van der Waals surface area contributed by atoms with E-state index in [1.54, 1.807) is 0 Å². The van der Waals surface area contributed by atoms with Crippen molar-refractivity contribution in [2.75, 3.05) is 0 Å². The maximum atomic E-state index is 12.5. The van der Waals surface area contributed by atoms with E-state index in [0.29, 0.717) is 25.7 Å². The Morgan fingerprint density at radius 1 is 0.778 bits per heavy atom. The van der Waals surface area contributed by atoms with Crippen molar-refractivity contribution in [2.45, 2.75) is 85.4 Å². The number of carbonyl (C=O) groups excluding carboxylic acids is 3. The molecular formula is C19H35N3O5. The number of hydrogen-bond acceptors (Lipinski definition) is 4. The topological polar surface area (TPSA) is 125 Å². The van der Waals surface area contributed by atoms with Gasteiger partial charge in [-0.25, -0.2) is 4.79 Å². The molecule has 0 aliphatic heterocycles. The first-order valence-corrected chi connectivity index (χ1v) is 9.60. The molecule has 0 fully saturated rings. The van der Waals surface area contributed by atoms with E-state index in [4.69, 9.17) is 0 Å². The molecule has 0 rings (SSSR count). The van der Waals surface area contributed by atoms with Crippen LogP contribution >= 0.6 is 0 Å². The number of carbonyl (C=O) groups is 4. The Morgan fingerprint density at radius 3 is 1.74 bits per heavy atom. The Morgan fingerprint density at radius 2 is 1.30 bits per heavy atom. The van der Waals surface area contributed by atoms with Crippen molar-refractivity contribution >= 4 is 23.7 Å². The van der Waals surface area contributed by atoms with Crippen molar-refractivity contribution in [3.05, 3.63) is 0 Å². The van der Waals surface area contributed by atoms with Gasteiger partial charge in [0, 0.05) is 6.42 Å². The van der Waals surface area contributed by atoms with Crippen molar-refractivity contribution in [1.82, 2.24) is 16.0 Å². The molecule has 0 bridgehead atoms. The first-order chi connectivity index (χ1) is 12.5. The molecule has 156 valence electrons. The summed E-state index contributed by atoms with van der Waals surface area (Å²) in [5.41, 5.74) is 0. The standard InChI is InChI=1S/C19H35N3O5/c1-7-8-16(23)21-14(9-11(2)3)18(25)20-13(6)17(24)22-15(19(26)27)10-12(4)5/h11-15H,7-10H2,1-6H3,(H,20,25)(H,21,23)(H,22,24)(H,26,27). The summed E-state index contributed by atoms with van der Waals surface area (Å²) < 4.78 is 0. The molecular weight excluding hydrogens is 350 g/mol. The zero-order valence-electron chi connectivity index (χ0n) is 17.3. The summed E-state index contributed by atoms with van der Waals surface area (Å²) >= 11 is 0. The molecule has 27 heavy (non-hydrogen) atoms. The van der Waals surface area contributed by atoms with Crippen molar-refractivity contribution in [3.8, 4) is 0 Å². The number of nitrogens with one attached hydrogen (secondary N) is 3. The second-order valence-corrected chi connectivity index (χ2v) is 7.76. The minimum Gasteiger partial charge on any atom is -0.480 e. The van der Waals surface area contributed by atoms with Gasteiger partial charge in [-0.2, -0.15) is 0 Å². The van der Waals surface area contributed by atoms with E-state index in [9.17, 15) is 24.3 Å². The largest absolute Gasteiger partial charge is 0.480 e. The molecule has 3 unspecified atom stereocenters. The minimum atomic E-state index is -1.11. The molecule has 0 aliphatic carbocycles. The Kier molecular flexibility index (Phi) is 11.3. The van der Waals surface area contributed by atoms with Crippen LogP contribution < -0.4 is 16.0 Å². The molecule has 0 radical (unpaired) electrons. The van der Waals surface area contributed by atoms with Gasteiger partial charge < -0.3 is 21.1 Å². The maximum Gasteiger partial charge on any atom is 0.326 e.